The second kappa shape index (κ2) is 11.1. The van der Waals surface area contributed by atoms with Crippen molar-refractivity contribution in [2.75, 3.05) is 12.4 Å². The van der Waals surface area contributed by atoms with Crippen molar-refractivity contribution in [2.24, 2.45) is 0 Å². The molecule has 0 radical (unpaired) electrons. The highest BCUT2D eigenvalue weighted by Gasteiger charge is 2.14. The van der Waals surface area contributed by atoms with Crippen molar-refractivity contribution in [1.82, 2.24) is 14.8 Å². The van der Waals surface area contributed by atoms with Gasteiger partial charge in [0.15, 0.2) is 5.16 Å². The molecule has 0 spiro atoms. The molecule has 3 aromatic carbocycles. The first-order chi connectivity index (χ1) is 15.3. The number of thioether (sulfide) groups is 2. The second-order valence-electron chi connectivity index (χ2n) is 7.04. The standard InChI is InChI=1S/C25H25N3OS2/c1-20-13-15-22(16-14-20)29-17-8-18-30-25-27-26-24(19-31-23-11-6-3-7-12-23)28(25)21-9-4-2-5-10-21/h2-7,9-16H,8,17-19H2,1H3. The fourth-order valence-electron chi connectivity index (χ4n) is 3.04. The van der Waals surface area contributed by atoms with Gasteiger partial charge in [-0.2, -0.15) is 0 Å². The van der Waals surface area contributed by atoms with Crippen LogP contribution in [0.15, 0.2) is 95.0 Å². The predicted molar refractivity (Wildman–Crippen MR) is 129 cm³/mol. The summed E-state index contributed by atoms with van der Waals surface area (Å²) in [4.78, 5) is 1.23. The molecule has 0 saturated heterocycles. The molecule has 0 unspecified atom stereocenters. The Bertz CT molecular complexity index is 1070. The Labute approximate surface area is 192 Å². The average Bonchev–Trinajstić information content (AvgIpc) is 3.22. The van der Waals surface area contributed by atoms with E-state index in [9.17, 15) is 0 Å². The van der Waals surface area contributed by atoms with Crippen LogP contribution in [0.25, 0.3) is 5.69 Å². The van der Waals surface area contributed by atoms with Crippen molar-refractivity contribution in [3.05, 3.63) is 96.3 Å². The maximum absolute atomic E-state index is 5.85. The van der Waals surface area contributed by atoms with Crippen LogP contribution in [-0.4, -0.2) is 27.1 Å². The van der Waals surface area contributed by atoms with Gasteiger partial charge in [0.1, 0.15) is 11.6 Å². The van der Waals surface area contributed by atoms with Gasteiger partial charge in [-0.15, -0.1) is 22.0 Å². The van der Waals surface area contributed by atoms with Crippen LogP contribution in [-0.2, 0) is 5.75 Å². The van der Waals surface area contributed by atoms with Gasteiger partial charge < -0.3 is 4.74 Å². The first-order valence-corrected chi connectivity index (χ1v) is 12.3. The molecule has 4 nitrogen and oxygen atoms in total. The molecule has 0 bridgehead atoms. The molecule has 4 rings (SSSR count). The number of ether oxygens (including phenoxy) is 1. The number of rotatable bonds is 10. The van der Waals surface area contributed by atoms with Gasteiger partial charge >= 0.3 is 0 Å². The van der Waals surface area contributed by atoms with Crippen LogP contribution < -0.4 is 4.74 Å². The van der Waals surface area contributed by atoms with E-state index >= 15 is 0 Å². The molecule has 0 amide bonds. The molecular formula is C25H25N3OS2. The predicted octanol–water partition coefficient (Wildman–Crippen LogP) is 6.43. The van der Waals surface area contributed by atoms with Gasteiger partial charge in [0, 0.05) is 16.3 Å². The zero-order chi connectivity index (χ0) is 21.3. The fraction of sp³-hybridized carbons (Fsp3) is 0.200. The Morgan fingerprint density at radius 1 is 0.806 bits per heavy atom. The van der Waals surface area contributed by atoms with Crippen LogP contribution in [0, 0.1) is 6.92 Å². The molecule has 4 aromatic rings. The molecule has 31 heavy (non-hydrogen) atoms. The smallest absolute Gasteiger partial charge is 0.195 e. The van der Waals surface area contributed by atoms with Gasteiger partial charge in [-0.3, -0.25) is 4.57 Å². The number of hydrogen-bond donors (Lipinski definition) is 0. The Kier molecular flexibility index (Phi) is 7.69. The van der Waals surface area contributed by atoms with E-state index < -0.39 is 0 Å². The first-order valence-electron chi connectivity index (χ1n) is 10.3. The van der Waals surface area contributed by atoms with Crippen LogP contribution in [0.2, 0.25) is 0 Å². The molecule has 0 aliphatic heterocycles. The van der Waals surface area contributed by atoms with Gasteiger partial charge in [0.25, 0.3) is 0 Å². The molecule has 0 aliphatic carbocycles. The largest absolute Gasteiger partial charge is 0.494 e. The van der Waals surface area contributed by atoms with Gasteiger partial charge in [-0.1, -0.05) is 65.9 Å². The highest BCUT2D eigenvalue weighted by atomic mass is 32.2. The van der Waals surface area contributed by atoms with Crippen LogP contribution in [0.3, 0.4) is 0 Å². The number of aryl methyl sites for hydroxylation is 1. The molecular weight excluding hydrogens is 422 g/mol. The van der Waals surface area contributed by atoms with Crippen LogP contribution in [0.4, 0.5) is 0 Å². The van der Waals surface area contributed by atoms with Crippen molar-refractivity contribution in [2.45, 2.75) is 29.1 Å². The third kappa shape index (κ3) is 6.15. The minimum atomic E-state index is 0.687. The average molecular weight is 448 g/mol. The lowest BCUT2D eigenvalue weighted by atomic mass is 10.2. The van der Waals surface area contributed by atoms with Crippen LogP contribution in [0.5, 0.6) is 5.75 Å². The molecule has 158 valence electrons. The van der Waals surface area contributed by atoms with Crippen molar-refractivity contribution >= 4 is 23.5 Å². The maximum atomic E-state index is 5.85. The monoisotopic (exact) mass is 447 g/mol. The minimum absolute atomic E-state index is 0.687. The molecule has 0 fully saturated rings. The normalized spacial score (nSPS) is 10.9. The summed E-state index contributed by atoms with van der Waals surface area (Å²) in [6, 6.07) is 28.9. The molecule has 6 heteroatoms. The summed E-state index contributed by atoms with van der Waals surface area (Å²) in [6.45, 7) is 2.77. The van der Waals surface area contributed by atoms with E-state index in [0.29, 0.717) is 6.61 Å². The number of aromatic nitrogens is 3. The second-order valence-corrected chi connectivity index (χ2v) is 9.15. The molecule has 0 aliphatic rings. The summed E-state index contributed by atoms with van der Waals surface area (Å²) in [7, 11) is 0. The molecule has 1 aromatic heterocycles. The summed E-state index contributed by atoms with van der Waals surface area (Å²) in [5, 5.41) is 9.92. The van der Waals surface area contributed by atoms with Crippen LogP contribution in [0.1, 0.15) is 17.8 Å². The molecule has 1 heterocycles. The Morgan fingerprint density at radius 3 is 2.26 bits per heavy atom. The lowest BCUT2D eigenvalue weighted by Gasteiger charge is -2.10. The van der Waals surface area contributed by atoms with Gasteiger partial charge in [-0.25, -0.2) is 0 Å². The number of benzene rings is 3. The third-order valence-electron chi connectivity index (χ3n) is 4.64. The van der Waals surface area contributed by atoms with Crippen molar-refractivity contribution in [1.29, 1.82) is 0 Å². The quantitative estimate of drug-likeness (QED) is 0.207. The van der Waals surface area contributed by atoms with Crippen molar-refractivity contribution < 1.29 is 4.74 Å². The highest BCUT2D eigenvalue weighted by Crippen LogP contribution is 2.27. The summed E-state index contributed by atoms with van der Waals surface area (Å²) in [5.74, 6) is 3.56. The lowest BCUT2D eigenvalue weighted by Crippen LogP contribution is -2.03. The lowest BCUT2D eigenvalue weighted by molar-refractivity contribution is 0.318. The summed E-state index contributed by atoms with van der Waals surface area (Å²) >= 11 is 3.50. The zero-order valence-corrected chi connectivity index (χ0v) is 19.1. The Morgan fingerprint density at radius 2 is 1.52 bits per heavy atom. The van der Waals surface area contributed by atoms with Gasteiger partial charge in [0.2, 0.25) is 0 Å². The SMILES string of the molecule is Cc1ccc(OCCCSc2nnc(CSc3ccccc3)n2-c2ccccc2)cc1. The summed E-state index contributed by atoms with van der Waals surface area (Å²) in [5.41, 5.74) is 2.33. The van der Waals surface area contributed by atoms with E-state index in [1.54, 1.807) is 23.5 Å². The number of nitrogens with zero attached hydrogens (tertiary/aromatic N) is 3. The fourth-order valence-corrected chi connectivity index (χ4v) is 4.75. The zero-order valence-electron chi connectivity index (χ0n) is 17.5. The minimum Gasteiger partial charge on any atom is -0.494 e. The molecule has 0 atom stereocenters. The summed E-state index contributed by atoms with van der Waals surface area (Å²) in [6.07, 6.45) is 0.939. The Hall–Kier alpha value is -2.70. The molecule has 0 N–H and O–H groups in total. The van der Waals surface area contributed by atoms with E-state index in [2.05, 4.69) is 70.2 Å². The third-order valence-corrected chi connectivity index (χ3v) is 6.66. The van der Waals surface area contributed by atoms with Gasteiger partial charge in [0.05, 0.1) is 12.4 Å². The van der Waals surface area contributed by atoms with Gasteiger partial charge in [-0.05, 0) is 49.7 Å². The number of para-hydroxylation sites is 1. The van der Waals surface area contributed by atoms with Crippen LogP contribution >= 0.6 is 23.5 Å². The Balaban J connectivity index is 1.38. The van der Waals surface area contributed by atoms with E-state index in [0.717, 1.165) is 40.3 Å². The van der Waals surface area contributed by atoms with Crippen molar-refractivity contribution in [3.8, 4) is 11.4 Å². The van der Waals surface area contributed by atoms with Crippen molar-refractivity contribution in [3.63, 3.8) is 0 Å². The molecule has 0 saturated carbocycles. The van der Waals surface area contributed by atoms with E-state index in [1.165, 1.54) is 10.5 Å². The topological polar surface area (TPSA) is 39.9 Å². The van der Waals surface area contributed by atoms with E-state index in [-0.39, 0.29) is 0 Å². The van der Waals surface area contributed by atoms with E-state index in [4.69, 9.17) is 4.74 Å². The van der Waals surface area contributed by atoms with E-state index in [1.807, 2.05) is 36.4 Å². The number of hydrogen-bond acceptors (Lipinski definition) is 5. The summed E-state index contributed by atoms with van der Waals surface area (Å²) < 4.78 is 8.02. The first kappa shape index (κ1) is 21.5. The maximum Gasteiger partial charge on any atom is 0.195 e. The highest BCUT2D eigenvalue weighted by molar-refractivity contribution is 7.99.